The lowest BCUT2D eigenvalue weighted by atomic mass is 9.71. The van der Waals surface area contributed by atoms with E-state index in [2.05, 4.69) is 13.8 Å². The highest BCUT2D eigenvalue weighted by Gasteiger charge is 2.27. The van der Waals surface area contributed by atoms with Crippen LogP contribution in [0.2, 0.25) is 0 Å². The summed E-state index contributed by atoms with van der Waals surface area (Å²) in [6, 6.07) is 0. The highest BCUT2D eigenvalue weighted by molar-refractivity contribution is 4.80. The van der Waals surface area contributed by atoms with Crippen LogP contribution in [0.15, 0.2) is 0 Å². The van der Waals surface area contributed by atoms with Gasteiger partial charge < -0.3 is 0 Å². The number of rotatable bonds is 6. The Balaban J connectivity index is 2.56. The van der Waals surface area contributed by atoms with Gasteiger partial charge in [0.1, 0.15) is 0 Å². The van der Waals surface area contributed by atoms with E-state index in [1.54, 1.807) is 0 Å². The van der Waals surface area contributed by atoms with Crippen molar-refractivity contribution in [3.05, 3.63) is 0 Å². The summed E-state index contributed by atoms with van der Waals surface area (Å²) < 4.78 is 0. The van der Waals surface area contributed by atoms with E-state index in [0.717, 1.165) is 5.41 Å². The van der Waals surface area contributed by atoms with Gasteiger partial charge in [0.25, 0.3) is 0 Å². The van der Waals surface area contributed by atoms with Crippen LogP contribution < -0.4 is 0 Å². The molecule has 0 aliphatic heterocycles. The van der Waals surface area contributed by atoms with Crippen molar-refractivity contribution in [3.8, 4) is 0 Å². The number of unbranched alkanes of at least 4 members (excludes halogenated alkanes) is 2. The Hall–Kier alpha value is 0. The number of hydrogen-bond donors (Lipinski definition) is 0. The predicted octanol–water partition coefficient (Wildman–Crippen LogP) is 7.27. The maximum Gasteiger partial charge on any atom is -0.0297 e. The van der Waals surface area contributed by atoms with Crippen molar-refractivity contribution in [2.24, 2.45) is 5.41 Å². The quantitative estimate of drug-likeness (QED) is 0.474. The predicted molar refractivity (Wildman–Crippen MR) is 87.7 cm³/mol. The molecule has 1 aliphatic carbocycles. The molecular weight excluding hydrogens is 228 g/mol. The van der Waals surface area contributed by atoms with Gasteiger partial charge in [-0.2, -0.15) is 0 Å². The van der Waals surface area contributed by atoms with E-state index < -0.39 is 0 Å². The molecule has 0 heterocycles. The van der Waals surface area contributed by atoms with E-state index in [-0.39, 0.29) is 0 Å². The van der Waals surface area contributed by atoms with Crippen molar-refractivity contribution in [1.82, 2.24) is 0 Å². The second kappa shape index (κ2) is 10.7. The molecule has 0 aromatic carbocycles. The zero-order valence-electron chi connectivity index (χ0n) is 13.8. The van der Waals surface area contributed by atoms with E-state index in [4.69, 9.17) is 0 Å². The minimum atomic E-state index is 0.732. The van der Waals surface area contributed by atoms with Crippen molar-refractivity contribution in [2.75, 3.05) is 0 Å². The molecule has 0 unspecified atom stereocenters. The summed E-state index contributed by atoms with van der Waals surface area (Å²) >= 11 is 0. The number of hydrogen-bond acceptors (Lipinski definition) is 0. The molecule has 19 heavy (non-hydrogen) atoms. The van der Waals surface area contributed by atoms with E-state index in [0.29, 0.717) is 0 Å². The monoisotopic (exact) mass is 266 g/mol. The zero-order chi connectivity index (χ0) is 13.8. The molecule has 1 rings (SSSR count). The summed E-state index contributed by atoms with van der Waals surface area (Å²) in [6.45, 7) is 4.72. The van der Waals surface area contributed by atoms with Crippen molar-refractivity contribution < 1.29 is 0 Å². The third-order valence-corrected chi connectivity index (χ3v) is 5.29. The Bertz CT molecular complexity index is 172. The Morgan fingerprint density at radius 3 is 1.32 bits per heavy atom. The first-order valence-corrected chi connectivity index (χ1v) is 9.33. The molecule has 1 aliphatic rings. The fourth-order valence-electron chi connectivity index (χ4n) is 3.91. The second-order valence-corrected chi connectivity index (χ2v) is 7.04. The largest absolute Gasteiger partial charge is 0.0654 e. The SMILES string of the molecule is CCCCC1(CCCC)CCCCCCCCCC1. The van der Waals surface area contributed by atoms with Crippen molar-refractivity contribution in [2.45, 2.75) is 117 Å². The van der Waals surface area contributed by atoms with E-state index in [9.17, 15) is 0 Å². The Labute approximate surface area is 122 Å². The van der Waals surface area contributed by atoms with Crippen LogP contribution in [0.3, 0.4) is 0 Å². The van der Waals surface area contributed by atoms with Gasteiger partial charge in [-0.15, -0.1) is 0 Å². The maximum atomic E-state index is 2.36. The highest BCUT2D eigenvalue weighted by Crippen LogP contribution is 2.42. The standard InChI is InChI=1S/C19H38/c1-3-5-15-19(16-6-4-2)17-13-11-9-7-8-10-12-14-18-19/h3-18H2,1-2H3. The van der Waals surface area contributed by atoms with Gasteiger partial charge in [0, 0.05) is 0 Å². The minimum absolute atomic E-state index is 0.732. The summed E-state index contributed by atoms with van der Waals surface area (Å²) in [5.74, 6) is 0. The van der Waals surface area contributed by atoms with Crippen molar-refractivity contribution in [3.63, 3.8) is 0 Å². The first-order chi connectivity index (χ1) is 9.33. The molecular formula is C19H38. The molecule has 0 saturated heterocycles. The van der Waals surface area contributed by atoms with E-state index >= 15 is 0 Å². The summed E-state index contributed by atoms with van der Waals surface area (Å²) in [5.41, 5.74) is 0.732. The lowest BCUT2D eigenvalue weighted by molar-refractivity contribution is 0.176. The molecule has 0 nitrogen and oxygen atoms in total. The molecule has 1 fully saturated rings. The zero-order valence-corrected chi connectivity index (χ0v) is 13.8. The van der Waals surface area contributed by atoms with Crippen LogP contribution in [0.25, 0.3) is 0 Å². The summed E-state index contributed by atoms with van der Waals surface area (Å²) in [7, 11) is 0. The normalized spacial score (nSPS) is 21.8. The van der Waals surface area contributed by atoms with Crippen molar-refractivity contribution >= 4 is 0 Å². The summed E-state index contributed by atoms with van der Waals surface area (Å²) in [5, 5.41) is 0. The van der Waals surface area contributed by atoms with Crippen LogP contribution in [0.4, 0.5) is 0 Å². The molecule has 0 atom stereocenters. The van der Waals surface area contributed by atoms with Gasteiger partial charge in [-0.25, -0.2) is 0 Å². The Morgan fingerprint density at radius 2 is 0.947 bits per heavy atom. The first kappa shape index (κ1) is 17.1. The van der Waals surface area contributed by atoms with Crippen LogP contribution in [-0.2, 0) is 0 Å². The smallest absolute Gasteiger partial charge is 0.0297 e. The van der Waals surface area contributed by atoms with Gasteiger partial charge in [-0.05, 0) is 31.1 Å². The van der Waals surface area contributed by atoms with Crippen LogP contribution >= 0.6 is 0 Å². The second-order valence-electron chi connectivity index (χ2n) is 7.04. The molecule has 0 radical (unpaired) electrons. The van der Waals surface area contributed by atoms with Gasteiger partial charge >= 0.3 is 0 Å². The molecule has 0 aromatic rings. The first-order valence-electron chi connectivity index (χ1n) is 9.33. The van der Waals surface area contributed by atoms with Gasteiger partial charge in [0.15, 0.2) is 0 Å². The molecule has 0 N–H and O–H groups in total. The van der Waals surface area contributed by atoms with Crippen molar-refractivity contribution in [1.29, 1.82) is 0 Å². The molecule has 0 spiro atoms. The van der Waals surface area contributed by atoms with Gasteiger partial charge in [0.05, 0.1) is 0 Å². The van der Waals surface area contributed by atoms with Gasteiger partial charge in [-0.3, -0.25) is 0 Å². The molecule has 0 amide bonds. The molecule has 0 heteroatoms. The van der Waals surface area contributed by atoms with Crippen LogP contribution in [0.5, 0.6) is 0 Å². The van der Waals surface area contributed by atoms with E-state index in [1.807, 2.05) is 0 Å². The topological polar surface area (TPSA) is 0 Å². The Morgan fingerprint density at radius 1 is 0.579 bits per heavy atom. The van der Waals surface area contributed by atoms with Crippen LogP contribution in [0.1, 0.15) is 117 Å². The summed E-state index contributed by atoms with van der Waals surface area (Å²) in [4.78, 5) is 0. The highest BCUT2D eigenvalue weighted by atomic mass is 14.3. The van der Waals surface area contributed by atoms with Crippen LogP contribution in [0, 0.1) is 5.41 Å². The fraction of sp³-hybridized carbons (Fsp3) is 1.00. The average Bonchev–Trinajstić information content (AvgIpc) is 2.48. The van der Waals surface area contributed by atoms with E-state index in [1.165, 1.54) is 103 Å². The molecule has 114 valence electrons. The van der Waals surface area contributed by atoms with Gasteiger partial charge in [0.2, 0.25) is 0 Å². The molecule has 1 saturated carbocycles. The maximum absolute atomic E-state index is 2.36. The third kappa shape index (κ3) is 7.37. The van der Waals surface area contributed by atoms with Gasteiger partial charge in [-0.1, -0.05) is 90.9 Å². The fourth-order valence-corrected chi connectivity index (χ4v) is 3.91. The third-order valence-electron chi connectivity index (χ3n) is 5.29. The average molecular weight is 267 g/mol. The lowest BCUT2D eigenvalue weighted by Gasteiger charge is -2.35. The minimum Gasteiger partial charge on any atom is -0.0654 e. The lowest BCUT2D eigenvalue weighted by Crippen LogP contribution is -2.21. The molecule has 0 bridgehead atoms. The molecule has 0 aromatic heterocycles. The Kier molecular flexibility index (Phi) is 9.65. The summed E-state index contributed by atoms with van der Waals surface area (Å²) in [6.07, 6.45) is 23.8. The van der Waals surface area contributed by atoms with Crippen LogP contribution in [-0.4, -0.2) is 0 Å².